The predicted octanol–water partition coefficient (Wildman–Crippen LogP) is 4.57. The second kappa shape index (κ2) is 4.21. The molecule has 0 aliphatic carbocycles. The minimum atomic E-state index is -4.20. The van der Waals surface area contributed by atoms with Crippen LogP contribution in [0.5, 0.6) is 0 Å². The quantitative estimate of drug-likeness (QED) is 0.614. The highest BCUT2D eigenvalue weighted by molar-refractivity contribution is 14.1. The van der Waals surface area contributed by atoms with E-state index < -0.39 is 12.7 Å². The molecule has 6 heteroatoms. The van der Waals surface area contributed by atoms with Crippen LogP contribution >= 0.6 is 38.5 Å². The van der Waals surface area contributed by atoms with E-state index in [4.69, 9.17) is 0 Å². The van der Waals surface area contributed by atoms with Gasteiger partial charge in [0.2, 0.25) is 0 Å². The maximum absolute atomic E-state index is 12.4. The average Bonchev–Trinajstić information content (AvgIpc) is 2.44. The number of fused-ring (bicyclic) bond motifs is 1. The molecule has 0 bridgehead atoms. The third kappa shape index (κ3) is 2.37. The number of rotatable bonds is 1. The van der Waals surface area contributed by atoms with Crippen molar-refractivity contribution in [3.63, 3.8) is 0 Å². The van der Waals surface area contributed by atoms with Crippen molar-refractivity contribution < 1.29 is 13.2 Å². The normalized spacial score (nSPS) is 12.3. The van der Waals surface area contributed by atoms with Gasteiger partial charge in [0.1, 0.15) is 6.54 Å². The van der Waals surface area contributed by atoms with Gasteiger partial charge in [-0.05, 0) is 40.8 Å². The molecule has 0 unspecified atom stereocenters. The van der Waals surface area contributed by atoms with Gasteiger partial charge < -0.3 is 4.57 Å². The van der Waals surface area contributed by atoms with Gasteiger partial charge in [0.15, 0.2) is 0 Å². The summed E-state index contributed by atoms with van der Waals surface area (Å²) in [6.07, 6.45) is -4.20. The zero-order chi connectivity index (χ0) is 11.9. The van der Waals surface area contributed by atoms with Crippen LogP contribution in [0.1, 0.15) is 0 Å². The van der Waals surface area contributed by atoms with Crippen molar-refractivity contribution in [3.8, 4) is 0 Å². The molecular formula is C10H6BrF3IN. The van der Waals surface area contributed by atoms with Crippen LogP contribution in [0.3, 0.4) is 0 Å². The smallest absolute Gasteiger partial charge is 0.327 e. The summed E-state index contributed by atoms with van der Waals surface area (Å²) in [6.45, 7) is -0.953. The van der Waals surface area contributed by atoms with Gasteiger partial charge in [-0.25, -0.2) is 0 Å². The summed E-state index contributed by atoms with van der Waals surface area (Å²) in [5.74, 6) is 0. The van der Waals surface area contributed by atoms with Crippen molar-refractivity contribution in [1.29, 1.82) is 0 Å². The molecule has 2 aromatic rings. The maximum atomic E-state index is 12.4. The molecule has 0 amide bonds. The van der Waals surface area contributed by atoms with Gasteiger partial charge in [-0.2, -0.15) is 13.2 Å². The molecule has 0 saturated heterocycles. The molecule has 86 valence electrons. The Bertz CT molecular complexity index is 533. The van der Waals surface area contributed by atoms with Crippen LogP contribution in [0.15, 0.2) is 28.7 Å². The largest absolute Gasteiger partial charge is 0.406 e. The number of benzene rings is 1. The lowest BCUT2D eigenvalue weighted by atomic mass is 10.2. The van der Waals surface area contributed by atoms with Crippen LogP contribution < -0.4 is 0 Å². The Morgan fingerprint density at radius 1 is 1.31 bits per heavy atom. The summed E-state index contributed by atoms with van der Waals surface area (Å²) < 4.78 is 39.8. The summed E-state index contributed by atoms with van der Waals surface area (Å²) in [5, 5.41) is 0.802. The third-order valence-corrected chi connectivity index (χ3v) is 3.76. The Hall–Kier alpha value is -0.240. The van der Waals surface area contributed by atoms with E-state index in [0.29, 0.717) is 9.22 Å². The molecule has 1 nitrogen and oxygen atoms in total. The molecule has 1 aromatic heterocycles. The summed E-state index contributed by atoms with van der Waals surface area (Å²) in [6, 6.07) is 6.98. The Balaban J connectivity index is 2.61. The van der Waals surface area contributed by atoms with E-state index in [9.17, 15) is 13.2 Å². The molecule has 0 spiro atoms. The summed E-state index contributed by atoms with van der Waals surface area (Å²) >= 11 is 5.24. The summed E-state index contributed by atoms with van der Waals surface area (Å²) in [4.78, 5) is 0. The summed E-state index contributed by atoms with van der Waals surface area (Å²) in [5.41, 5.74) is 0.594. The van der Waals surface area contributed by atoms with Crippen LogP contribution in [0.4, 0.5) is 13.2 Å². The monoisotopic (exact) mass is 403 g/mol. The number of halogens is 5. The van der Waals surface area contributed by atoms with Gasteiger partial charge in [-0.3, -0.25) is 0 Å². The SMILES string of the molecule is FC(F)(F)Cn1c(I)cc2c(Br)cccc21. The number of alkyl halides is 3. The van der Waals surface area contributed by atoms with E-state index >= 15 is 0 Å². The number of aromatic nitrogens is 1. The van der Waals surface area contributed by atoms with Crippen LogP contribution in [0.25, 0.3) is 10.9 Å². The Labute approximate surface area is 112 Å². The van der Waals surface area contributed by atoms with Gasteiger partial charge >= 0.3 is 6.18 Å². The van der Waals surface area contributed by atoms with Gasteiger partial charge in [-0.1, -0.05) is 22.0 Å². The molecule has 0 aliphatic heterocycles. The Kier molecular flexibility index (Phi) is 3.22. The minimum absolute atomic E-state index is 0.580. The fourth-order valence-corrected chi connectivity index (χ4v) is 2.77. The standard InChI is InChI=1S/C10H6BrF3IN/c11-7-2-1-3-8-6(7)4-9(15)16(8)5-10(12,13)14/h1-4H,5H2. The van der Waals surface area contributed by atoms with E-state index in [1.165, 1.54) is 4.57 Å². The van der Waals surface area contributed by atoms with Crippen LogP contribution in [-0.4, -0.2) is 10.7 Å². The highest BCUT2D eigenvalue weighted by Crippen LogP contribution is 2.30. The predicted molar refractivity (Wildman–Crippen MR) is 68.4 cm³/mol. The van der Waals surface area contributed by atoms with Crippen molar-refractivity contribution in [2.75, 3.05) is 0 Å². The molecule has 0 aliphatic rings. The lowest BCUT2D eigenvalue weighted by Gasteiger charge is -2.10. The van der Waals surface area contributed by atoms with E-state index in [1.807, 2.05) is 28.7 Å². The first-order valence-electron chi connectivity index (χ1n) is 4.38. The first-order valence-corrected chi connectivity index (χ1v) is 6.26. The fraction of sp³-hybridized carbons (Fsp3) is 0.200. The van der Waals surface area contributed by atoms with E-state index in [-0.39, 0.29) is 0 Å². The zero-order valence-electron chi connectivity index (χ0n) is 7.85. The molecule has 0 fully saturated rings. The summed E-state index contributed by atoms with van der Waals surface area (Å²) in [7, 11) is 0. The third-order valence-electron chi connectivity index (χ3n) is 2.18. The first-order chi connectivity index (χ1) is 7.38. The van der Waals surface area contributed by atoms with Crippen molar-refractivity contribution in [3.05, 3.63) is 32.4 Å². The van der Waals surface area contributed by atoms with Crippen molar-refractivity contribution in [1.82, 2.24) is 4.57 Å². The van der Waals surface area contributed by atoms with Crippen LogP contribution in [0.2, 0.25) is 0 Å². The van der Waals surface area contributed by atoms with Crippen molar-refractivity contribution in [2.45, 2.75) is 12.7 Å². The molecule has 16 heavy (non-hydrogen) atoms. The van der Waals surface area contributed by atoms with Crippen molar-refractivity contribution >= 4 is 49.4 Å². The Morgan fingerprint density at radius 3 is 2.62 bits per heavy atom. The molecule has 1 aromatic carbocycles. The molecule has 0 atom stereocenters. The molecule has 1 heterocycles. The molecule has 0 radical (unpaired) electrons. The molecule has 2 rings (SSSR count). The lowest BCUT2D eigenvalue weighted by Crippen LogP contribution is -2.18. The lowest BCUT2D eigenvalue weighted by molar-refractivity contribution is -0.140. The highest BCUT2D eigenvalue weighted by Gasteiger charge is 2.29. The van der Waals surface area contributed by atoms with E-state index in [2.05, 4.69) is 15.9 Å². The minimum Gasteiger partial charge on any atom is -0.327 e. The first kappa shape index (κ1) is 12.2. The topological polar surface area (TPSA) is 4.93 Å². The number of hydrogen-bond acceptors (Lipinski definition) is 0. The average molecular weight is 404 g/mol. The van der Waals surface area contributed by atoms with Gasteiger partial charge in [0, 0.05) is 9.86 Å². The van der Waals surface area contributed by atoms with Crippen molar-refractivity contribution in [2.24, 2.45) is 0 Å². The zero-order valence-corrected chi connectivity index (χ0v) is 11.6. The number of nitrogens with zero attached hydrogens (tertiary/aromatic N) is 1. The second-order valence-electron chi connectivity index (χ2n) is 3.34. The van der Waals surface area contributed by atoms with Crippen LogP contribution in [0, 0.1) is 3.70 Å². The molecule has 0 saturated carbocycles. The second-order valence-corrected chi connectivity index (χ2v) is 5.30. The fourth-order valence-electron chi connectivity index (χ4n) is 1.56. The number of hydrogen-bond donors (Lipinski definition) is 0. The van der Waals surface area contributed by atoms with E-state index in [0.717, 1.165) is 9.86 Å². The van der Waals surface area contributed by atoms with Gasteiger partial charge in [-0.15, -0.1) is 0 Å². The highest BCUT2D eigenvalue weighted by atomic mass is 127. The Morgan fingerprint density at radius 2 is 2.00 bits per heavy atom. The maximum Gasteiger partial charge on any atom is 0.406 e. The molecular weight excluding hydrogens is 398 g/mol. The van der Waals surface area contributed by atoms with Crippen LogP contribution in [-0.2, 0) is 6.54 Å². The van der Waals surface area contributed by atoms with E-state index in [1.54, 1.807) is 18.2 Å². The van der Waals surface area contributed by atoms with Gasteiger partial charge in [0.25, 0.3) is 0 Å². The molecule has 0 N–H and O–H groups in total. The van der Waals surface area contributed by atoms with Gasteiger partial charge in [0.05, 0.1) is 9.22 Å².